The monoisotopic (exact) mass is 274 g/mol. The first-order valence-electron chi connectivity index (χ1n) is 7.77. The van der Waals surface area contributed by atoms with Gasteiger partial charge in [0, 0.05) is 19.6 Å². The summed E-state index contributed by atoms with van der Waals surface area (Å²) in [5.41, 5.74) is 2.80. The Morgan fingerprint density at radius 2 is 1.95 bits per heavy atom. The van der Waals surface area contributed by atoms with Gasteiger partial charge in [-0.05, 0) is 50.7 Å². The van der Waals surface area contributed by atoms with Gasteiger partial charge in [-0.2, -0.15) is 0 Å². The van der Waals surface area contributed by atoms with Crippen LogP contribution in [-0.4, -0.2) is 29.9 Å². The maximum atomic E-state index is 12.2. The van der Waals surface area contributed by atoms with E-state index in [1.54, 1.807) is 0 Å². The van der Waals surface area contributed by atoms with Gasteiger partial charge in [0.05, 0.1) is 6.04 Å². The summed E-state index contributed by atoms with van der Waals surface area (Å²) in [5.74, 6) is 0.945. The minimum absolute atomic E-state index is 0.123. The first-order valence-corrected chi connectivity index (χ1v) is 7.77. The van der Waals surface area contributed by atoms with Crippen molar-refractivity contribution in [2.45, 2.75) is 52.1 Å². The number of benzene rings is 1. The number of likely N-dealkylation sites (N-methyl/N-ethyl adjacent to an activating group) is 1. The Morgan fingerprint density at radius 3 is 2.55 bits per heavy atom. The minimum Gasteiger partial charge on any atom is -0.342 e. The molecule has 2 rings (SSSR count). The number of carbonyl (C=O) groups is 1. The van der Waals surface area contributed by atoms with Crippen LogP contribution in [0.25, 0.3) is 0 Å². The molecule has 1 unspecified atom stereocenters. The Morgan fingerprint density at radius 1 is 1.30 bits per heavy atom. The van der Waals surface area contributed by atoms with E-state index >= 15 is 0 Å². The van der Waals surface area contributed by atoms with Gasteiger partial charge in [0.1, 0.15) is 0 Å². The SMILES string of the molecule is CCN(CC)C(=O)C(C)NCc1ccccc1C1CC1. The highest BCUT2D eigenvalue weighted by molar-refractivity contribution is 5.81. The Kier molecular flexibility index (Phi) is 5.18. The van der Waals surface area contributed by atoms with Gasteiger partial charge < -0.3 is 10.2 Å². The molecule has 3 heteroatoms. The van der Waals surface area contributed by atoms with Crippen LogP contribution < -0.4 is 5.32 Å². The maximum absolute atomic E-state index is 12.2. The first-order chi connectivity index (χ1) is 9.67. The fourth-order valence-electron chi connectivity index (χ4n) is 2.65. The van der Waals surface area contributed by atoms with Crippen molar-refractivity contribution in [2.75, 3.05) is 13.1 Å². The second kappa shape index (κ2) is 6.89. The van der Waals surface area contributed by atoms with Gasteiger partial charge in [-0.3, -0.25) is 4.79 Å². The molecule has 0 radical (unpaired) electrons. The van der Waals surface area contributed by atoms with E-state index < -0.39 is 0 Å². The van der Waals surface area contributed by atoms with Gasteiger partial charge in [0.2, 0.25) is 5.91 Å². The summed E-state index contributed by atoms with van der Waals surface area (Å²) in [6, 6.07) is 8.48. The fraction of sp³-hybridized carbons (Fsp3) is 0.588. The Bertz CT molecular complexity index is 450. The van der Waals surface area contributed by atoms with Crippen molar-refractivity contribution in [2.24, 2.45) is 0 Å². The Hall–Kier alpha value is -1.35. The van der Waals surface area contributed by atoms with Crippen molar-refractivity contribution in [1.82, 2.24) is 10.2 Å². The van der Waals surface area contributed by atoms with E-state index in [1.165, 1.54) is 24.0 Å². The molecule has 1 aromatic carbocycles. The summed E-state index contributed by atoms with van der Waals surface area (Å²) in [4.78, 5) is 14.1. The number of carbonyl (C=O) groups excluding carboxylic acids is 1. The third kappa shape index (κ3) is 3.60. The Labute approximate surface area is 122 Å². The van der Waals surface area contributed by atoms with Gasteiger partial charge in [-0.1, -0.05) is 24.3 Å². The molecular weight excluding hydrogens is 248 g/mol. The fourth-order valence-corrected chi connectivity index (χ4v) is 2.65. The Balaban J connectivity index is 1.93. The summed E-state index contributed by atoms with van der Waals surface area (Å²) in [7, 11) is 0. The second-order valence-corrected chi connectivity index (χ2v) is 5.59. The average molecular weight is 274 g/mol. The van der Waals surface area contributed by atoms with Gasteiger partial charge in [0.15, 0.2) is 0 Å². The van der Waals surface area contributed by atoms with Gasteiger partial charge in [0.25, 0.3) is 0 Å². The lowest BCUT2D eigenvalue weighted by molar-refractivity contribution is -0.132. The molecule has 1 aliphatic rings. The molecule has 0 aromatic heterocycles. The van der Waals surface area contributed by atoms with Crippen LogP contribution in [0.4, 0.5) is 0 Å². The van der Waals surface area contributed by atoms with Crippen LogP contribution >= 0.6 is 0 Å². The van der Waals surface area contributed by atoms with Gasteiger partial charge >= 0.3 is 0 Å². The third-order valence-electron chi connectivity index (χ3n) is 4.12. The van der Waals surface area contributed by atoms with E-state index in [2.05, 4.69) is 29.6 Å². The van der Waals surface area contributed by atoms with Crippen LogP contribution in [0.15, 0.2) is 24.3 Å². The first kappa shape index (κ1) is 15.0. The van der Waals surface area contributed by atoms with E-state index in [-0.39, 0.29) is 11.9 Å². The summed E-state index contributed by atoms with van der Waals surface area (Å²) in [6.45, 7) is 8.34. The van der Waals surface area contributed by atoms with E-state index in [4.69, 9.17) is 0 Å². The number of amides is 1. The number of nitrogens with zero attached hydrogens (tertiary/aromatic N) is 1. The molecule has 1 aromatic rings. The molecule has 0 aliphatic heterocycles. The van der Waals surface area contributed by atoms with E-state index in [0.717, 1.165) is 25.6 Å². The number of rotatable bonds is 7. The quantitative estimate of drug-likeness (QED) is 0.829. The van der Waals surface area contributed by atoms with E-state index in [1.807, 2.05) is 25.7 Å². The summed E-state index contributed by atoms with van der Waals surface area (Å²) >= 11 is 0. The smallest absolute Gasteiger partial charge is 0.239 e. The van der Waals surface area contributed by atoms with Crippen LogP contribution in [0.1, 0.15) is 50.7 Å². The van der Waals surface area contributed by atoms with Crippen LogP contribution in [0.3, 0.4) is 0 Å². The van der Waals surface area contributed by atoms with Crippen molar-refractivity contribution in [1.29, 1.82) is 0 Å². The summed E-state index contributed by atoms with van der Waals surface area (Å²) in [6.07, 6.45) is 2.62. The zero-order valence-corrected chi connectivity index (χ0v) is 12.9. The number of hydrogen-bond acceptors (Lipinski definition) is 2. The number of hydrogen-bond donors (Lipinski definition) is 1. The molecule has 0 heterocycles. The van der Waals surface area contributed by atoms with Crippen molar-refractivity contribution in [3.8, 4) is 0 Å². The summed E-state index contributed by atoms with van der Waals surface area (Å²) in [5, 5.41) is 3.38. The lowest BCUT2D eigenvalue weighted by atomic mass is 10.0. The molecule has 1 atom stereocenters. The van der Waals surface area contributed by atoms with Crippen LogP contribution in [0.5, 0.6) is 0 Å². The molecule has 110 valence electrons. The highest BCUT2D eigenvalue weighted by atomic mass is 16.2. The largest absolute Gasteiger partial charge is 0.342 e. The number of nitrogens with one attached hydrogen (secondary N) is 1. The lowest BCUT2D eigenvalue weighted by Crippen LogP contribution is -2.44. The third-order valence-corrected chi connectivity index (χ3v) is 4.12. The topological polar surface area (TPSA) is 32.3 Å². The molecule has 3 nitrogen and oxygen atoms in total. The van der Waals surface area contributed by atoms with Crippen molar-refractivity contribution in [3.05, 3.63) is 35.4 Å². The van der Waals surface area contributed by atoms with Gasteiger partial charge in [-0.25, -0.2) is 0 Å². The predicted octanol–water partition coefficient (Wildman–Crippen LogP) is 2.91. The van der Waals surface area contributed by atoms with Crippen molar-refractivity contribution >= 4 is 5.91 Å². The second-order valence-electron chi connectivity index (χ2n) is 5.59. The lowest BCUT2D eigenvalue weighted by Gasteiger charge is -2.24. The van der Waals surface area contributed by atoms with E-state index in [9.17, 15) is 4.79 Å². The van der Waals surface area contributed by atoms with Gasteiger partial charge in [-0.15, -0.1) is 0 Å². The van der Waals surface area contributed by atoms with Crippen LogP contribution in [0, 0.1) is 0 Å². The molecule has 1 aliphatic carbocycles. The molecule has 0 bridgehead atoms. The zero-order valence-electron chi connectivity index (χ0n) is 12.9. The predicted molar refractivity (Wildman–Crippen MR) is 82.6 cm³/mol. The van der Waals surface area contributed by atoms with E-state index in [0.29, 0.717) is 0 Å². The normalized spacial score (nSPS) is 15.9. The summed E-state index contributed by atoms with van der Waals surface area (Å²) < 4.78 is 0. The molecule has 0 spiro atoms. The highest BCUT2D eigenvalue weighted by Crippen LogP contribution is 2.41. The molecule has 1 amide bonds. The highest BCUT2D eigenvalue weighted by Gasteiger charge is 2.26. The van der Waals surface area contributed by atoms with Crippen molar-refractivity contribution < 1.29 is 4.79 Å². The molecule has 1 N–H and O–H groups in total. The van der Waals surface area contributed by atoms with Crippen molar-refractivity contribution in [3.63, 3.8) is 0 Å². The van der Waals surface area contributed by atoms with Crippen LogP contribution in [-0.2, 0) is 11.3 Å². The standard InChI is InChI=1S/C17H26N2O/c1-4-19(5-2)17(20)13(3)18-12-15-8-6-7-9-16(15)14-10-11-14/h6-9,13-14,18H,4-5,10-12H2,1-3H3. The molecule has 1 saturated carbocycles. The molecule has 20 heavy (non-hydrogen) atoms. The van der Waals surface area contributed by atoms with Crippen LogP contribution in [0.2, 0.25) is 0 Å². The molecular formula is C17H26N2O. The molecule has 1 fully saturated rings. The average Bonchev–Trinajstić information content (AvgIpc) is 3.30. The minimum atomic E-state index is -0.123. The molecule has 0 saturated heterocycles. The zero-order chi connectivity index (χ0) is 14.5. The maximum Gasteiger partial charge on any atom is 0.239 e.